The number of ether oxygens (including phenoxy) is 1. The molecule has 0 atom stereocenters. The van der Waals surface area contributed by atoms with Gasteiger partial charge in [-0.05, 0) is 56.8 Å². The van der Waals surface area contributed by atoms with E-state index in [1.54, 1.807) is 7.11 Å². The van der Waals surface area contributed by atoms with Gasteiger partial charge in [0.25, 0.3) is 0 Å². The minimum Gasteiger partial charge on any atom is -0.497 e. The second kappa shape index (κ2) is 10.1. The zero-order valence-corrected chi connectivity index (χ0v) is 18.1. The second-order valence-corrected chi connectivity index (χ2v) is 7.54. The van der Waals surface area contributed by atoms with Crippen LogP contribution in [0.4, 0.5) is 0 Å². The third kappa shape index (κ3) is 5.48. The van der Waals surface area contributed by atoms with Gasteiger partial charge in [0.2, 0.25) is 5.91 Å². The maximum atomic E-state index is 12.3. The number of likely N-dealkylation sites (N-methyl/N-ethyl adjacent to an activating group) is 1. The van der Waals surface area contributed by atoms with Gasteiger partial charge in [-0.3, -0.25) is 9.69 Å². The lowest BCUT2D eigenvalue weighted by atomic mass is 10.1. The van der Waals surface area contributed by atoms with Crippen molar-refractivity contribution in [2.75, 3.05) is 20.2 Å². The molecule has 0 fully saturated rings. The Bertz CT molecular complexity index is 949. The van der Waals surface area contributed by atoms with Crippen molar-refractivity contribution >= 4 is 5.91 Å². The highest BCUT2D eigenvalue weighted by atomic mass is 16.5. The zero-order chi connectivity index (χ0) is 21.5. The van der Waals surface area contributed by atoms with Gasteiger partial charge in [-0.1, -0.05) is 25.1 Å². The van der Waals surface area contributed by atoms with Crippen LogP contribution in [0.15, 0.2) is 60.8 Å². The molecule has 2 aromatic carbocycles. The van der Waals surface area contributed by atoms with E-state index >= 15 is 0 Å². The number of amides is 1. The lowest BCUT2D eigenvalue weighted by Gasteiger charge is -2.20. The highest BCUT2D eigenvalue weighted by Crippen LogP contribution is 2.26. The molecule has 0 unspecified atom stereocenters. The Morgan fingerprint density at radius 2 is 1.83 bits per heavy atom. The minimum absolute atomic E-state index is 0.0355. The van der Waals surface area contributed by atoms with Crippen molar-refractivity contribution in [3.8, 4) is 22.7 Å². The topological polar surface area (TPSA) is 59.4 Å². The molecule has 1 N–H and O–H groups in total. The van der Waals surface area contributed by atoms with E-state index in [2.05, 4.69) is 23.3 Å². The van der Waals surface area contributed by atoms with Crippen LogP contribution in [0.3, 0.4) is 0 Å². The Hall–Kier alpha value is -3.12. The molecule has 6 nitrogen and oxygen atoms in total. The van der Waals surface area contributed by atoms with E-state index in [1.807, 2.05) is 73.1 Å². The fourth-order valence-corrected chi connectivity index (χ4v) is 3.32. The summed E-state index contributed by atoms with van der Waals surface area (Å²) in [5.74, 6) is 0.844. The zero-order valence-electron chi connectivity index (χ0n) is 18.1. The summed E-state index contributed by atoms with van der Waals surface area (Å²) in [4.78, 5) is 14.4. The average molecular weight is 407 g/mol. The van der Waals surface area contributed by atoms with Crippen molar-refractivity contribution in [3.05, 3.63) is 66.4 Å². The first-order chi connectivity index (χ1) is 14.5. The minimum atomic E-state index is 0.0355. The van der Waals surface area contributed by atoms with Gasteiger partial charge in [0.05, 0.1) is 25.0 Å². The number of methoxy groups -OCH3 is 1. The van der Waals surface area contributed by atoms with Gasteiger partial charge < -0.3 is 10.1 Å². The quantitative estimate of drug-likeness (QED) is 0.586. The summed E-state index contributed by atoms with van der Waals surface area (Å²) in [5, 5.41) is 7.84. The molecule has 3 rings (SSSR count). The van der Waals surface area contributed by atoms with Crippen molar-refractivity contribution in [3.63, 3.8) is 0 Å². The summed E-state index contributed by atoms with van der Waals surface area (Å²) < 4.78 is 7.19. The van der Waals surface area contributed by atoms with Crippen LogP contribution < -0.4 is 10.1 Å². The number of rotatable bonds is 9. The number of aromatic nitrogens is 2. The molecule has 0 spiro atoms. The molecular weight excluding hydrogens is 376 g/mol. The largest absolute Gasteiger partial charge is 0.497 e. The molecule has 0 aliphatic carbocycles. The summed E-state index contributed by atoms with van der Waals surface area (Å²) in [5.41, 5.74) is 4.00. The van der Waals surface area contributed by atoms with E-state index < -0.39 is 0 Å². The van der Waals surface area contributed by atoms with Crippen molar-refractivity contribution in [2.24, 2.45) is 0 Å². The summed E-state index contributed by atoms with van der Waals surface area (Å²) >= 11 is 0. The van der Waals surface area contributed by atoms with Crippen LogP contribution in [0, 0.1) is 0 Å². The maximum Gasteiger partial charge on any atom is 0.234 e. The first-order valence-electron chi connectivity index (χ1n) is 10.3. The maximum absolute atomic E-state index is 12.3. The number of hydrogen-bond acceptors (Lipinski definition) is 4. The fraction of sp³-hybridized carbons (Fsp3) is 0.333. The van der Waals surface area contributed by atoms with Gasteiger partial charge in [-0.15, -0.1) is 0 Å². The van der Waals surface area contributed by atoms with Gasteiger partial charge in [-0.2, -0.15) is 5.10 Å². The summed E-state index contributed by atoms with van der Waals surface area (Å²) in [6.45, 7) is 7.77. The summed E-state index contributed by atoms with van der Waals surface area (Å²) in [6, 6.07) is 18.1. The van der Waals surface area contributed by atoms with Crippen molar-refractivity contribution in [1.29, 1.82) is 0 Å². The fourth-order valence-electron chi connectivity index (χ4n) is 3.32. The van der Waals surface area contributed by atoms with Gasteiger partial charge in [0, 0.05) is 29.9 Å². The van der Waals surface area contributed by atoms with Crippen molar-refractivity contribution in [2.45, 2.75) is 33.4 Å². The molecular formula is C24H30N4O2. The Morgan fingerprint density at radius 3 is 2.43 bits per heavy atom. The van der Waals surface area contributed by atoms with Crippen LogP contribution in [0.1, 0.15) is 26.3 Å². The SMILES string of the molecule is CCN(CC(=O)NC(C)C)Cc1cn(-c2ccccc2)nc1-c1ccc(OC)cc1. The van der Waals surface area contributed by atoms with Crippen LogP contribution in [-0.2, 0) is 11.3 Å². The van der Waals surface area contributed by atoms with E-state index in [0.29, 0.717) is 13.1 Å². The van der Waals surface area contributed by atoms with Gasteiger partial charge in [-0.25, -0.2) is 4.68 Å². The molecule has 1 aromatic heterocycles. The standard InChI is InChI=1S/C24H30N4O2/c1-5-27(17-23(29)25-18(2)3)15-20-16-28(21-9-7-6-8-10-21)26-24(20)19-11-13-22(30-4)14-12-19/h6-14,16,18H,5,15,17H2,1-4H3,(H,25,29). The monoisotopic (exact) mass is 406 g/mol. The Labute approximate surface area is 178 Å². The molecule has 0 saturated heterocycles. The lowest BCUT2D eigenvalue weighted by molar-refractivity contribution is -0.122. The summed E-state index contributed by atoms with van der Waals surface area (Å²) in [6.07, 6.45) is 2.05. The molecule has 158 valence electrons. The van der Waals surface area contributed by atoms with E-state index in [1.165, 1.54) is 0 Å². The van der Waals surface area contributed by atoms with E-state index in [4.69, 9.17) is 9.84 Å². The van der Waals surface area contributed by atoms with Gasteiger partial charge in [0.1, 0.15) is 5.75 Å². The third-order valence-corrected chi connectivity index (χ3v) is 4.83. The lowest BCUT2D eigenvalue weighted by Crippen LogP contribution is -2.39. The number of carbonyl (C=O) groups is 1. The predicted octanol–water partition coefficient (Wildman–Crippen LogP) is 3.89. The van der Waals surface area contributed by atoms with Crippen LogP contribution in [0.5, 0.6) is 5.75 Å². The Kier molecular flexibility index (Phi) is 7.25. The van der Waals surface area contributed by atoms with E-state index in [9.17, 15) is 4.79 Å². The number of carbonyl (C=O) groups excluding carboxylic acids is 1. The molecule has 0 radical (unpaired) electrons. The van der Waals surface area contributed by atoms with Crippen molar-refractivity contribution in [1.82, 2.24) is 20.0 Å². The number of hydrogen-bond donors (Lipinski definition) is 1. The predicted molar refractivity (Wildman–Crippen MR) is 120 cm³/mol. The number of para-hydroxylation sites is 1. The Morgan fingerprint density at radius 1 is 1.13 bits per heavy atom. The summed E-state index contributed by atoms with van der Waals surface area (Å²) in [7, 11) is 1.66. The molecule has 0 aliphatic heterocycles. The molecule has 30 heavy (non-hydrogen) atoms. The highest BCUT2D eigenvalue weighted by molar-refractivity contribution is 5.78. The third-order valence-electron chi connectivity index (χ3n) is 4.83. The van der Waals surface area contributed by atoms with Crippen LogP contribution in [0.2, 0.25) is 0 Å². The number of benzene rings is 2. The number of nitrogens with zero attached hydrogens (tertiary/aromatic N) is 3. The Balaban J connectivity index is 1.92. The van der Waals surface area contributed by atoms with E-state index in [0.717, 1.165) is 34.8 Å². The van der Waals surface area contributed by atoms with Crippen LogP contribution in [0.25, 0.3) is 16.9 Å². The molecule has 0 saturated carbocycles. The van der Waals surface area contributed by atoms with Crippen molar-refractivity contribution < 1.29 is 9.53 Å². The molecule has 3 aromatic rings. The molecule has 6 heteroatoms. The first kappa shape index (κ1) is 21.6. The normalized spacial score (nSPS) is 11.1. The average Bonchev–Trinajstić information content (AvgIpc) is 3.17. The highest BCUT2D eigenvalue weighted by Gasteiger charge is 2.17. The van der Waals surface area contributed by atoms with E-state index in [-0.39, 0.29) is 11.9 Å². The smallest absolute Gasteiger partial charge is 0.234 e. The first-order valence-corrected chi connectivity index (χ1v) is 10.3. The molecule has 1 heterocycles. The molecule has 0 aliphatic rings. The molecule has 1 amide bonds. The van der Waals surface area contributed by atoms with Crippen LogP contribution in [-0.4, -0.2) is 46.8 Å². The van der Waals surface area contributed by atoms with Gasteiger partial charge in [0.15, 0.2) is 0 Å². The molecule has 0 bridgehead atoms. The van der Waals surface area contributed by atoms with Gasteiger partial charge >= 0.3 is 0 Å². The second-order valence-electron chi connectivity index (χ2n) is 7.54. The van der Waals surface area contributed by atoms with Crippen LogP contribution >= 0.6 is 0 Å². The number of nitrogens with one attached hydrogen (secondary N) is 1.